The molecule has 2 nitrogen and oxygen atoms in total. The molecule has 1 aromatic heterocycles. The van der Waals surface area contributed by atoms with E-state index >= 15 is 0 Å². The second-order valence-corrected chi connectivity index (χ2v) is 4.89. The summed E-state index contributed by atoms with van der Waals surface area (Å²) in [6.45, 7) is 4.17. The van der Waals surface area contributed by atoms with Gasteiger partial charge in [0.05, 0.1) is 0 Å². The summed E-state index contributed by atoms with van der Waals surface area (Å²) >= 11 is 0. The highest BCUT2D eigenvalue weighted by Crippen LogP contribution is 2.07. The zero-order valence-electron chi connectivity index (χ0n) is 11.7. The second-order valence-electron chi connectivity index (χ2n) is 4.89. The summed E-state index contributed by atoms with van der Waals surface area (Å²) in [5, 5.41) is 0. The molecule has 0 aliphatic rings. The van der Waals surface area contributed by atoms with E-state index in [0.29, 0.717) is 0 Å². The van der Waals surface area contributed by atoms with Crippen molar-refractivity contribution in [1.29, 1.82) is 0 Å². The average molecular weight is 247 g/mol. The molecule has 1 rings (SSSR count). The molecule has 0 spiro atoms. The molecule has 2 heteroatoms. The van der Waals surface area contributed by atoms with Crippen LogP contribution < -0.4 is 5.56 Å². The highest BCUT2D eigenvalue weighted by atomic mass is 16.1. The Morgan fingerprint density at radius 1 is 1.17 bits per heavy atom. The third kappa shape index (κ3) is 5.85. The molecule has 18 heavy (non-hydrogen) atoms. The lowest BCUT2D eigenvalue weighted by atomic mass is 10.1. The van der Waals surface area contributed by atoms with Crippen LogP contribution in [0.1, 0.15) is 57.4 Å². The summed E-state index contributed by atoms with van der Waals surface area (Å²) < 4.78 is 1.64. The van der Waals surface area contributed by atoms with E-state index in [0.717, 1.165) is 12.0 Å². The van der Waals surface area contributed by atoms with Crippen molar-refractivity contribution >= 4 is 6.20 Å². The lowest BCUT2D eigenvalue weighted by Gasteiger charge is -1.99. The monoisotopic (exact) mass is 247 g/mol. The number of aryl methyl sites for hydroxylation is 1. The fraction of sp³-hybridized carbons (Fsp3) is 0.562. The largest absolute Gasteiger partial charge is 0.291 e. The number of hydrogen-bond donors (Lipinski definition) is 0. The fourth-order valence-electron chi connectivity index (χ4n) is 1.94. The molecule has 0 saturated carbocycles. The molecule has 0 bridgehead atoms. The first kappa shape index (κ1) is 14.7. The SMILES string of the molecule is CCCCCCCC/C=C/n1ccc(C)cc1=O. The van der Waals surface area contributed by atoms with Gasteiger partial charge in [0.2, 0.25) is 0 Å². The molecule has 0 fully saturated rings. The molecule has 0 N–H and O–H groups in total. The van der Waals surface area contributed by atoms with Crippen LogP contribution in [0.25, 0.3) is 6.20 Å². The van der Waals surface area contributed by atoms with Gasteiger partial charge in [-0.2, -0.15) is 0 Å². The van der Waals surface area contributed by atoms with Crippen LogP contribution >= 0.6 is 0 Å². The first-order valence-electron chi connectivity index (χ1n) is 7.09. The van der Waals surface area contributed by atoms with Crippen molar-refractivity contribution < 1.29 is 0 Å². The van der Waals surface area contributed by atoms with Crippen LogP contribution in [0.5, 0.6) is 0 Å². The van der Waals surface area contributed by atoms with Gasteiger partial charge in [-0.25, -0.2) is 0 Å². The Bertz CT molecular complexity index is 417. The Hall–Kier alpha value is -1.31. The van der Waals surface area contributed by atoms with Crippen molar-refractivity contribution in [3.63, 3.8) is 0 Å². The predicted molar refractivity (Wildman–Crippen MR) is 78.8 cm³/mol. The minimum Gasteiger partial charge on any atom is -0.291 e. The minimum absolute atomic E-state index is 0.0502. The molecule has 1 aromatic rings. The molecule has 0 unspecified atom stereocenters. The van der Waals surface area contributed by atoms with Gasteiger partial charge in [0.1, 0.15) is 0 Å². The zero-order valence-corrected chi connectivity index (χ0v) is 11.7. The van der Waals surface area contributed by atoms with Crippen LogP contribution in [0.2, 0.25) is 0 Å². The van der Waals surface area contributed by atoms with Gasteiger partial charge in [0.25, 0.3) is 5.56 Å². The highest BCUT2D eigenvalue weighted by Gasteiger charge is 1.91. The third-order valence-electron chi connectivity index (χ3n) is 3.09. The highest BCUT2D eigenvalue weighted by molar-refractivity contribution is 5.24. The molecular weight excluding hydrogens is 222 g/mol. The van der Waals surface area contributed by atoms with Crippen molar-refractivity contribution in [3.05, 3.63) is 40.3 Å². The van der Waals surface area contributed by atoms with Gasteiger partial charge in [0, 0.05) is 18.5 Å². The first-order valence-corrected chi connectivity index (χ1v) is 7.09. The normalized spacial score (nSPS) is 11.2. The molecule has 0 aliphatic heterocycles. The topological polar surface area (TPSA) is 22.0 Å². The standard InChI is InChI=1S/C16H25NO/c1-3-4-5-6-7-8-9-10-12-17-13-11-15(2)14-16(17)18/h10-14H,3-9H2,1-2H3/b12-10+. The Balaban J connectivity index is 2.22. The summed E-state index contributed by atoms with van der Waals surface area (Å²) in [6, 6.07) is 3.62. The van der Waals surface area contributed by atoms with E-state index in [4.69, 9.17) is 0 Å². The molecular formula is C16H25NO. The number of pyridine rings is 1. The van der Waals surface area contributed by atoms with Crippen molar-refractivity contribution in [2.75, 3.05) is 0 Å². The van der Waals surface area contributed by atoms with E-state index in [-0.39, 0.29) is 5.56 Å². The maximum Gasteiger partial charge on any atom is 0.254 e. The van der Waals surface area contributed by atoms with E-state index in [1.54, 1.807) is 10.6 Å². The molecule has 100 valence electrons. The number of hydrogen-bond acceptors (Lipinski definition) is 1. The van der Waals surface area contributed by atoms with Crippen LogP contribution in [0.15, 0.2) is 29.2 Å². The minimum atomic E-state index is 0.0502. The predicted octanol–water partition coefficient (Wildman–Crippen LogP) is 4.38. The van der Waals surface area contributed by atoms with Gasteiger partial charge in [-0.15, -0.1) is 0 Å². The lowest BCUT2D eigenvalue weighted by molar-refractivity contribution is 0.611. The van der Waals surface area contributed by atoms with Crippen LogP contribution in [0.4, 0.5) is 0 Å². The van der Waals surface area contributed by atoms with Crippen LogP contribution in [-0.4, -0.2) is 4.57 Å². The van der Waals surface area contributed by atoms with Crippen molar-refractivity contribution in [2.24, 2.45) is 0 Å². The van der Waals surface area contributed by atoms with Crippen LogP contribution in [0.3, 0.4) is 0 Å². The maximum atomic E-state index is 11.6. The van der Waals surface area contributed by atoms with E-state index in [9.17, 15) is 4.79 Å². The van der Waals surface area contributed by atoms with Gasteiger partial charge in [-0.3, -0.25) is 9.36 Å². The number of aromatic nitrogens is 1. The summed E-state index contributed by atoms with van der Waals surface area (Å²) in [5.41, 5.74) is 1.06. The van der Waals surface area contributed by atoms with Gasteiger partial charge < -0.3 is 0 Å². The van der Waals surface area contributed by atoms with Crippen molar-refractivity contribution in [2.45, 2.75) is 58.8 Å². The summed E-state index contributed by atoms with van der Waals surface area (Å²) in [5.74, 6) is 0. The van der Waals surface area contributed by atoms with Gasteiger partial charge in [0.15, 0.2) is 0 Å². The Kier molecular flexibility index (Phi) is 7.16. The van der Waals surface area contributed by atoms with E-state index in [1.165, 1.54) is 38.5 Å². The lowest BCUT2D eigenvalue weighted by Crippen LogP contribution is -2.13. The Morgan fingerprint density at radius 3 is 2.61 bits per heavy atom. The van der Waals surface area contributed by atoms with Gasteiger partial charge >= 0.3 is 0 Å². The molecule has 0 atom stereocenters. The van der Waals surface area contributed by atoms with Crippen LogP contribution in [-0.2, 0) is 0 Å². The molecule has 0 aliphatic carbocycles. The number of unbranched alkanes of at least 4 members (excludes halogenated alkanes) is 6. The quantitative estimate of drug-likeness (QED) is 0.625. The first-order chi connectivity index (χ1) is 8.74. The van der Waals surface area contributed by atoms with Crippen molar-refractivity contribution in [3.8, 4) is 0 Å². The molecule has 1 heterocycles. The smallest absolute Gasteiger partial charge is 0.254 e. The Morgan fingerprint density at radius 2 is 1.89 bits per heavy atom. The van der Waals surface area contributed by atoms with Gasteiger partial charge in [-0.1, -0.05) is 45.1 Å². The Labute approximate surface area is 110 Å². The average Bonchev–Trinajstić information content (AvgIpc) is 2.35. The number of rotatable bonds is 8. The molecule has 0 aromatic carbocycles. The maximum absolute atomic E-state index is 11.6. The van der Waals surface area contributed by atoms with E-state index < -0.39 is 0 Å². The van der Waals surface area contributed by atoms with E-state index in [1.807, 2.05) is 25.4 Å². The molecule has 0 saturated heterocycles. The van der Waals surface area contributed by atoms with Crippen molar-refractivity contribution in [1.82, 2.24) is 4.57 Å². The molecule has 0 radical (unpaired) electrons. The number of allylic oxidation sites excluding steroid dienone is 1. The summed E-state index contributed by atoms with van der Waals surface area (Å²) in [6.07, 6.45) is 14.7. The fourth-order valence-corrected chi connectivity index (χ4v) is 1.94. The molecule has 0 amide bonds. The zero-order chi connectivity index (χ0) is 13.2. The summed E-state index contributed by atoms with van der Waals surface area (Å²) in [7, 11) is 0. The van der Waals surface area contributed by atoms with Crippen LogP contribution in [0, 0.1) is 6.92 Å². The number of nitrogens with zero attached hydrogens (tertiary/aromatic N) is 1. The van der Waals surface area contributed by atoms with Gasteiger partial charge in [-0.05, 0) is 31.4 Å². The second kappa shape index (κ2) is 8.73. The summed E-state index contributed by atoms with van der Waals surface area (Å²) in [4.78, 5) is 11.6. The van der Waals surface area contributed by atoms with E-state index in [2.05, 4.69) is 13.0 Å². The third-order valence-corrected chi connectivity index (χ3v) is 3.09.